The molecule has 3 rings (SSSR count). The van der Waals surface area contributed by atoms with Crippen LogP contribution in [0, 0.1) is 5.92 Å². The van der Waals surface area contributed by atoms with Gasteiger partial charge in [-0.3, -0.25) is 9.59 Å². The van der Waals surface area contributed by atoms with Gasteiger partial charge in [-0.2, -0.15) is 0 Å². The summed E-state index contributed by atoms with van der Waals surface area (Å²) in [4.78, 5) is 29.7. The summed E-state index contributed by atoms with van der Waals surface area (Å²) < 4.78 is 0. The highest BCUT2D eigenvalue weighted by atomic mass is 16.4. The van der Waals surface area contributed by atoms with E-state index in [1.807, 2.05) is 6.07 Å². The molecule has 1 aromatic heterocycles. The molecule has 1 aliphatic heterocycles. The molecular formula is C17H23N3O3. The van der Waals surface area contributed by atoms with E-state index in [2.05, 4.69) is 15.2 Å². The number of amides is 1. The van der Waals surface area contributed by atoms with Gasteiger partial charge in [-0.1, -0.05) is 0 Å². The van der Waals surface area contributed by atoms with Gasteiger partial charge in [0.05, 0.1) is 5.56 Å². The number of pyridine rings is 1. The highest BCUT2D eigenvalue weighted by Crippen LogP contribution is 2.32. The summed E-state index contributed by atoms with van der Waals surface area (Å²) in [6.45, 7) is 1.91. The summed E-state index contributed by atoms with van der Waals surface area (Å²) in [6, 6.07) is 3.79. The number of hydrogen-bond donors (Lipinski definition) is 2. The molecule has 2 fully saturated rings. The molecule has 0 atom stereocenters. The smallest absolute Gasteiger partial charge is 0.303 e. The minimum absolute atomic E-state index is 0.0679. The number of aromatic nitrogens is 1. The van der Waals surface area contributed by atoms with Crippen molar-refractivity contribution in [1.29, 1.82) is 0 Å². The van der Waals surface area contributed by atoms with Crippen molar-refractivity contribution in [3.63, 3.8) is 0 Å². The average Bonchev–Trinajstić information content (AvgIpc) is 3.03. The van der Waals surface area contributed by atoms with Gasteiger partial charge in [0.1, 0.15) is 5.82 Å². The summed E-state index contributed by atoms with van der Waals surface area (Å²) >= 11 is 0. The van der Waals surface area contributed by atoms with Crippen LogP contribution in [0.5, 0.6) is 0 Å². The zero-order valence-corrected chi connectivity index (χ0v) is 13.2. The van der Waals surface area contributed by atoms with Crippen LogP contribution in [0.1, 0.15) is 48.9 Å². The number of carbonyl (C=O) groups excluding carboxylic acids is 1. The number of nitrogens with zero attached hydrogens (tertiary/aromatic N) is 2. The van der Waals surface area contributed by atoms with E-state index in [-0.39, 0.29) is 18.4 Å². The largest absolute Gasteiger partial charge is 0.481 e. The SMILES string of the molecule is O=C(O)CCC1CC(NC(=O)c2cccnc2N2CCCC2)C1. The van der Waals surface area contributed by atoms with E-state index in [0.717, 1.165) is 44.6 Å². The second kappa shape index (κ2) is 6.98. The van der Waals surface area contributed by atoms with Crippen LogP contribution in [0.25, 0.3) is 0 Å². The van der Waals surface area contributed by atoms with Crippen molar-refractivity contribution in [3.8, 4) is 0 Å². The van der Waals surface area contributed by atoms with Crippen molar-refractivity contribution >= 4 is 17.7 Å². The molecule has 1 aromatic rings. The monoisotopic (exact) mass is 317 g/mol. The molecule has 6 heteroatoms. The number of hydrogen-bond acceptors (Lipinski definition) is 4. The van der Waals surface area contributed by atoms with Gasteiger partial charge >= 0.3 is 5.97 Å². The molecular weight excluding hydrogens is 294 g/mol. The fourth-order valence-corrected chi connectivity index (χ4v) is 3.44. The number of aliphatic carboxylic acids is 1. The lowest BCUT2D eigenvalue weighted by Gasteiger charge is -2.35. The molecule has 1 saturated carbocycles. The first-order valence-corrected chi connectivity index (χ1v) is 8.36. The summed E-state index contributed by atoms with van der Waals surface area (Å²) in [5.41, 5.74) is 0.642. The lowest BCUT2D eigenvalue weighted by molar-refractivity contribution is -0.137. The second-order valence-corrected chi connectivity index (χ2v) is 6.51. The quantitative estimate of drug-likeness (QED) is 0.839. The number of carboxylic acid groups (broad SMARTS) is 1. The molecule has 0 spiro atoms. The summed E-state index contributed by atoms with van der Waals surface area (Å²) in [5, 5.41) is 11.8. The minimum Gasteiger partial charge on any atom is -0.481 e. The van der Waals surface area contributed by atoms with Crippen LogP contribution in [0.4, 0.5) is 5.82 Å². The maximum Gasteiger partial charge on any atom is 0.303 e. The molecule has 124 valence electrons. The van der Waals surface area contributed by atoms with E-state index in [4.69, 9.17) is 5.11 Å². The van der Waals surface area contributed by atoms with E-state index in [1.165, 1.54) is 0 Å². The Balaban J connectivity index is 1.54. The van der Waals surface area contributed by atoms with E-state index < -0.39 is 5.97 Å². The topological polar surface area (TPSA) is 82.5 Å². The minimum atomic E-state index is -0.747. The molecule has 2 heterocycles. The molecule has 2 N–H and O–H groups in total. The number of rotatable bonds is 6. The Morgan fingerprint density at radius 3 is 2.74 bits per heavy atom. The Morgan fingerprint density at radius 1 is 1.30 bits per heavy atom. The normalized spacial score (nSPS) is 23.4. The summed E-state index contributed by atoms with van der Waals surface area (Å²) in [6.07, 6.45) is 6.68. The summed E-state index contributed by atoms with van der Waals surface area (Å²) in [7, 11) is 0. The molecule has 1 aliphatic carbocycles. The Hall–Kier alpha value is -2.11. The Morgan fingerprint density at radius 2 is 2.04 bits per heavy atom. The predicted octanol–water partition coefficient (Wildman–Crippen LogP) is 2.06. The van der Waals surface area contributed by atoms with Crippen LogP contribution in [0.15, 0.2) is 18.3 Å². The molecule has 0 radical (unpaired) electrons. The first-order valence-electron chi connectivity index (χ1n) is 8.36. The van der Waals surface area contributed by atoms with Crippen molar-refractivity contribution in [2.75, 3.05) is 18.0 Å². The molecule has 0 bridgehead atoms. The highest BCUT2D eigenvalue weighted by Gasteiger charge is 2.31. The fraction of sp³-hybridized carbons (Fsp3) is 0.588. The third-order valence-corrected chi connectivity index (χ3v) is 4.77. The number of nitrogens with one attached hydrogen (secondary N) is 1. The number of carbonyl (C=O) groups is 2. The van der Waals surface area contributed by atoms with Gasteiger partial charge in [0, 0.05) is 31.7 Å². The third-order valence-electron chi connectivity index (χ3n) is 4.77. The van der Waals surface area contributed by atoms with Crippen LogP contribution in [0.3, 0.4) is 0 Å². The highest BCUT2D eigenvalue weighted by molar-refractivity contribution is 5.99. The van der Waals surface area contributed by atoms with E-state index in [9.17, 15) is 9.59 Å². The summed E-state index contributed by atoms with van der Waals surface area (Å²) in [5.74, 6) is 0.386. The van der Waals surface area contributed by atoms with E-state index in [0.29, 0.717) is 17.9 Å². The van der Waals surface area contributed by atoms with Crippen LogP contribution >= 0.6 is 0 Å². The number of carboxylic acids is 1. The molecule has 0 aromatic carbocycles. The Kier molecular flexibility index (Phi) is 4.79. The van der Waals surface area contributed by atoms with Crippen LogP contribution < -0.4 is 10.2 Å². The molecule has 1 saturated heterocycles. The molecule has 0 unspecified atom stereocenters. The van der Waals surface area contributed by atoms with Crippen molar-refractivity contribution < 1.29 is 14.7 Å². The first kappa shape index (κ1) is 15.8. The predicted molar refractivity (Wildman–Crippen MR) is 86.5 cm³/mol. The standard InChI is InChI=1S/C17H23N3O3/c21-15(22)6-5-12-10-13(11-12)19-17(23)14-4-3-7-18-16(14)20-8-1-2-9-20/h3-4,7,12-13H,1-2,5-6,8-11H2,(H,19,23)(H,21,22). The van der Waals surface area contributed by atoms with Gasteiger partial charge in [-0.05, 0) is 50.2 Å². The van der Waals surface area contributed by atoms with Gasteiger partial charge in [-0.15, -0.1) is 0 Å². The van der Waals surface area contributed by atoms with Gasteiger partial charge in [0.2, 0.25) is 0 Å². The third kappa shape index (κ3) is 3.81. The van der Waals surface area contributed by atoms with Crippen molar-refractivity contribution in [2.45, 2.75) is 44.6 Å². The average molecular weight is 317 g/mol. The van der Waals surface area contributed by atoms with E-state index >= 15 is 0 Å². The zero-order valence-electron chi connectivity index (χ0n) is 13.2. The molecule has 6 nitrogen and oxygen atoms in total. The van der Waals surface area contributed by atoms with Crippen LogP contribution in [-0.4, -0.2) is 41.1 Å². The van der Waals surface area contributed by atoms with Crippen molar-refractivity contribution in [3.05, 3.63) is 23.9 Å². The van der Waals surface area contributed by atoms with Gasteiger partial charge in [0.25, 0.3) is 5.91 Å². The number of anilines is 1. The van der Waals surface area contributed by atoms with Crippen molar-refractivity contribution in [1.82, 2.24) is 10.3 Å². The van der Waals surface area contributed by atoms with Crippen LogP contribution in [-0.2, 0) is 4.79 Å². The van der Waals surface area contributed by atoms with Crippen LogP contribution in [0.2, 0.25) is 0 Å². The maximum absolute atomic E-state index is 12.5. The van der Waals surface area contributed by atoms with Crippen molar-refractivity contribution in [2.24, 2.45) is 5.92 Å². The van der Waals surface area contributed by atoms with Gasteiger partial charge in [0.15, 0.2) is 0 Å². The van der Waals surface area contributed by atoms with E-state index in [1.54, 1.807) is 12.3 Å². The lowest BCUT2D eigenvalue weighted by Crippen LogP contribution is -2.44. The molecule has 2 aliphatic rings. The zero-order chi connectivity index (χ0) is 16.2. The Labute approximate surface area is 135 Å². The Bertz CT molecular complexity index is 578. The fourth-order valence-electron chi connectivity index (χ4n) is 3.44. The maximum atomic E-state index is 12.5. The lowest BCUT2D eigenvalue weighted by atomic mass is 9.77. The second-order valence-electron chi connectivity index (χ2n) is 6.51. The van der Waals surface area contributed by atoms with Gasteiger partial charge < -0.3 is 15.3 Å². The molecule has 23 heavy (non-hydrogen) atoms. The van der Waals surface area contributed by atoms with Gasteiger partial charge in [-0.25, -0.2) is 4.98 Å². The first-order chi connectivity index (χ1) is 11.1. The molecule has 1 amide bonds.